The molecule has 0 saturated heterocycles. The first-order valence-corrected chi connectivity index (χ1v) is 8.55. The van der Waals surface area contributed by atoms with E-state index in [0.717, 1.165) is 12.2 Å². The van der Waals surface area contributed by atoms with E-state index in [1.807, 2.05) is 0 Å². The van der Waals surface area contributed by atoms with Crippen LogP contribution in [0.25, 0.3) is 0 Å². The molecule has 4 nitrogen and oxygen atoms in total. The van der Waals surface area contributed by atoms with Crippen LogP contribution in [-0.2, 0) is 6.54 Å². The second kappa shape index (κ2) is 6.29. The molecule has 0 radical (unpaired) electrons. The molecule has 5 heteroatoms. The molecular weight excluding hydrogens is 318 g/mol. The highest BCUT2D eigenvalue weighted by Gasteiger charge is 2.23. The summed E-state index contributed by atoms with van der Waals surface area (Å²) in [4.78, 5) is 12.3. The lowest BCUT2D eigenvalue weighted by Gasteiger charge is -2.18. The molecule has 3 rings (SSSR count). The SMILES string of the molecule is O=c1c(Br)c(NC2CCCCCC2)cnn1CC1CC1. The van der Waals surface area contributed by atoms with E-state index in [1.165, 1.54) is 51.4 Å². The molecular formula is C15H22BrN3O. The summed E-state index contributed by atoms with van der Waals surface area (Å²) in [7, 11) is 0. The molecule has 20 heavy (non-hydrogen) atoms. The van der Waals surface area contributed by atoms with Crippen LogP contribution < -0.4 is 10.9 Å². The van der Waals surface area contributed by atoms with Gasteiger partial charge in [-0.15, -0.1) is 0 Å². The molecule has 0 bridgehead atoms. The fraction of sp³-hybridized carbons (Fsp3) is 0.733. The fourth-order valence-electron chi connectivity index (χ4n) is 2.88. The zero-order valence-electron chi connectivity index (χ0n) is 11.8. The Hall–Kier alpha value is -0.840. The van der Waals surface area contributed by atoms with Crippen molar-refractivity contribution in [3.05, 3.63) is 21.0 Å². The van der Waals surface area contributed by atoms with Gasteiger partial charge in [-0.1, -0.05) is 25.7 Å². The number of rotatable bonds is 4. The molecule has 0 spiro atoms. The van der Waals surface area contributed by atoms with Gasteiger partial charge in [-0.05, 0) is 47.5 Å². The highest BCUT2D eigenvalue weighted by Crippen LogP contribution is 2.30. The summed E-state index contributed by atoms with van der Waals surface area (Å²) in [6.45, 7) is 0.765. The third kappa shape index (κ3) is 3.43. The van der Waals surface area contributed by atoms with Gasteiger partial charge in [0.1, 0.15) is 4.47 Å². The van der Waals surface area contributed by atoms with Crippen LogP contribution in [0.4, 0.5) is 5.69 Å². The summed E-state index contributed by atoms with van der Waals surface area (Å²) >= 11 is 3.45. The van der Waals surface area contributed by atoms with Gasteiger partial charge < -0.3 is 5.32 Å². The van der Waals surface area contributed by atoms with Crippen LogP contribution in [0.3, 0.4) is 0 Å². The summed E-state index contributed by atoms with van der Waals surface area (Å²) in [5.74, 6) is 0.660. The molecule has 2 saturated carbocycles. The molecule has 2 aliphatic rings. The average Bonchev–Trinajstić information content (AvgIpc) is 3.26. The largest absolute Gasteiger partial charge is 0.380 e. The minimum Gasteiger partial charge on any atom is -0.380 e. The second-order valence-corrected chi connectivity index (χ2v) is 6.93. The number of nitrogens with one attached hydrogen (secondary N) is 1. The maximum absolute atomic E-state index is 12.3. The van der Waals surface area contributed by atoms with Crippen molar-refractivity contribution in [1.29, 1.82) is 0 Å². The van der Waals surface area contributed by atoms with Gasteiger partial charge in [0, 0.05) is 12.6 Å². The van der Waals surface area contributed by atoms with Crippen molar-refractivity contribution >= 4 is 21.6 Å². The van der Waals surface area contributed by atoms with Gasteiger partial charge in [0.05, 0.1) is 11.9 Å². The van der Waals surface area contributed by atoms with Gasteiger partial charge in [-0.2, -0.15) is 5.10 Å². The third-order valence-corrected chi connectivity index (χ3v) is 5.09. The average molecular weight is 340 g/mol. The van der Waals surface area contributed by atoms with Gasteiger partial charge in [0.15, 0.2) is 0 Å². The molecule has 0 atom stereocenters. The Morgan fingerprint density at radius 2 is 1.90 bits per heavy atom. The fourth-order valence-corrected chi connectivity index (χ4v) is 3.31. The highest BCUT2D eigenvalue weighted by molar-refractivity contribution is 9.10. The standard InChI is InChI=1S/C15H22BrN3O/c16-14-13(18-12-5-3-1-2-4-6-12)9-17-19(15(14)20)10-11-7-8-11/h9,11-12,18H,1-8,10H2. The van der Waals surface area contributed by atoms with E-state index in [9.17, 15) is 4.79 Å². The van der Waals surface area contributed by atoms with Gasteiger partial charge in [-0.25, -0.2) is 4.68 Å². The Kier molecular flexibility index (Phi) is 4.44. The lowest BCUT2D eigenvalue weighted by Crippen LogP contribution is -2.27. The molecule has 0 aliphatic heterocycles. The lowest BCUT2D eigenvalue weighted by atomic mass is 10.1. The van der Waals surface area contributed by atoms with Crippen LogP contribution >= 0.6 is 15.9 Å². The van der Waals surface area contributed by atoms with Gasteiger partial charge in [0.2, 0.25) is 0 Å². The third-order valence-electron chi connectivity index (χ3n) is 4.33. The topological polar surface area (TPSA) is 46.9 Å². The van der Waals surface area contributed by atoms with Crippen LogP contribution in [0.2, 0.25) is 0 Å². The molecule has 2 aliphatic carbocycles. The molecule has 1 heterocycles. The molecule has 1 aromatic heterocycles. The lowest BCUT2D eigenvalue weighted by molar-refractivity contribution is 0.530. The van der Waals surface area contributed by atoms with Crippen LogP contribution in [-0.4, -0.2) is 15.8 Å². The number of hydrogen-bond donors (Lipinski definition) is 1. The van der Waals surface area contributed by atoms with E-state index in [-0.39, 0.29) is 5.56 Å². The molecule has 0 unspecified atom stereocenters. The summed E-state index contributed by atoms with van der Waals surface area (Å²) in [6, 6.07) is 0.481. The minimum atomic E-state index is -0.00415. The van der Waals surface area contributed by atoms with Crippen molar-refractivity contribution in [1.82, 2.24) is 9.78 Å². The summed E-state index contributed by atoms with van der Waals surface area (Å²) in [6.07, 6.45) is 11.9. The van der Waals surface area contributed by atoms with Crippen LogP contribution in [0.1, 0.15) is 51.4 Å². The second-order valence-electron chi connectivity index (χ2n) is 6.14. The van der Waals surface area contributed by atoms with Crippen molar-refractivity contribution < 1.29 is 0 Å². The van der Waals surface area contributed by atoms with E-state index in [1.54, 1.807) is 10.9 Å². The maximum atomic E-state index is 12.3. The predicted octanol–water partition coefficient (Wildman–Crippen LogP) is 3.55. The zero-order chi connectivity index (χ0) is 13.9. The van der Waals surface area contributed by atoms with Crippen molar-refractivity contribution in [2.45, 2.75) is 64.0 Å². The van der Waals surface area contributed by atoms with E-state index in [2.05, 4.69) is 26.3 Å². The van der Waals surface area contributed by atoms with Crippen molar-refractivity contribution in [3.63, 3.8) is 0 Å². The van der Waals surface area contributed by atoms with Crippen LogP contribution in [0, 0.1) is 5.92 Å². The maximum Gasteiger partial charge on any atom is 0.283 e. The Morgan fingerprint density at radius 3 is 2.55 bits per heavy atom. The highest BCUT2D eigenvalue weighted by atomic mass is 79.9. The first-order valence-electron chi connectivity index (χ1n) is 7.76. The number of anilines is 1. The molecule has 110 valence electrons. The Balaban J connectivity index is 1.72. The van der Waals surface area contributed by atoms with Gasteiger partial charge >= 0.3 is 0 Å². The number of hydrogen-bond acceptors (Lipinski definition) is 3. The molecule has 1 N–H and O–H groups in total. The van der Waals surface area contributed by atoms with Crippen LogP contribution in [0.5, 0.6) is 0 Å². The predicted molar refractivity (Wildman–Crippen MR) is 84.0 cm³/mol. The number of nitrogens with zero attached hydrogens (tertiary/aromatic N) is 2. The summed E-state index contributed by atoms with van der Waals surface area (Å²) in [5, 5.41) is 7.82. The van der Waals surface area contributed by atoms with Gasteiger partial charge in [-0.3, -0.25) is 4.79 Å². The smallest absolute Gasteiger partial charge is 0.283 e. The molecule has 0 aromatic carbocycles. The van der Waals surface area contributed by atoms with E-state index in [4.69, 9.17) is 0 Å². The Labute approximate surface area is 128 Å². The molecule has 2 fully saturated rings. The Morgan fingerprint density at radius 1 is 1.20 bits per heavy atom. The van der Waals surface area contributed by atoms with E-state index >= 15 is 0 Å². The first-order chi connectivity index (χ1) is 9.74. The number of aromatic nitrogens is 2. The normalized spacial score (nSPS) is 20.6. The van der Waals surface area contributed by atoms with Crippen molar-refractivity contribution in [2.75, 3.05) is 5.32 Å². The monoisotopic (exact) mass is 339 g/mol. The zero-order valence-corrected chi connectivity index (χ0v) is 13.4. The van der Waals surface area contributed by atoms with E-state index < -0.39 is 0 Å². The van der Waals surface area contributed by atoms with Crippen molar-refractivity contribution in [2.24, 2.45) is 5.92 Å². The molecule has 0 amide bonds. The molecule has 1 aromatic rings. The summed E-state index contributed by atoms with van der Waals surface area (Å²) in [5.41, 5.74) is 0.851. The first kappa shape index (κ1) is 14.1. The van der Waals surface area contributed by atoms with Crippen LogP contribution in [0.15, 0.2) is 15.5 Å². The van der Waals surface area contributed by atoms with E-state index in [0.29, 0.717) is 16.4 Å². The number of halogens is 1. The summed E-state index contributed by atoms with van der Waals surface area (Å²) < 4.78 is 2.23. The minimum absolute atomic E-state index is 0.00415. The van der Waals surface area contributed by atoms with Gasteiger partial charge in [0.25, 0.3) is 5.56 Å². The van der Waals surface area contributed by atoms with Crippen molar-refractivity contribution in [3.8, 4) is 0 Å². The quantitative estimate of drug-likeness (QED) is 0.853. The Bertz CT molecular complexity index is 516.